The zero-order valence-electron chi connectivity index (χ0n) is 14.1. The molecule has 0 aromatic carbocycles. The third-order valence-corrected chi connectivity index (χ3v) is 5.58. The van der Waals surface area contributed by atoms with Gasteiger partial charge >= 0.3 is 0 Å². The third kappa shape index (κ3) is 4.96. The molecule has 1 aromatic rings. The number of guanidine groups is 1. The first kappa shape index (κ1) is 18.8. The second kappa shape index (κ2) is 9.08. The van der Waals surface area contributed by atoms with Gasteiger partial charge in [0.2, 0.25) is 0 Å². The fourth-order valence-electron chi connectivity index (χ4n) is 3.35. The lowest BCUT2D eigenvalue weighted by molar-refractivity contribution is 0.364. The van der Waals surface area contributed by atoms with Crippen LogP contribution in [-0.2, 0) is 0 Å². The van der Waals surface area contributed by atoms with Crippen LogP contribution in [0.2, 0.25) is 0 Å². The van der Waals surface area contributed by atoms with Crippen LogP contribution >= 0.6 is 35.3 Å². The summed E-state index contributed by atoms with van der Waals surface area (Å²) in [6.07, 6.45) is 1.30. The van der Waals surface area contributed by atoms with Crippen LogP contribution in [0.1, 0.15) is 6.42 Å². The lowest BCUT2D eigenvalue weighted by Gasteiger charge is -2.37. The Morgan fingerprint density at radius 3 is 2.65 bits per heavy atom. The summed E-state index contributed by atoms with van der Waals surface area (Å²) in [5.74, 6) is 1.83. The van der Waals surface area contributed by atoms with E-state index >= 15 is 0 Å². The molecule has 7 heteroatoms. The van der Waals surface area contributed by atoms with Crippen LogP contribution in [0.15, 0.2) is 22.5 Å². The van der Waals surface area contributed by atoms with Gasteiger partial charge in [0, 0.05) is 46.3 Å². The van der Waals surface area contributed by atoms with Crippen molar-refractivity contribution in [1.82, 2.24) is 15.1 Å². The quantitative estimate of drug-likeness (QED) is 0.435. The monoisotopic (exact) mass is 449 g/mol. The minimum Gasteiger partial charge on any atom is -0.360 e. The number of piperazine rings is 1. The van der Waals surface area contributed by atoms with Crippen LogP contribution in [-0.4, -0.2) is 75.7 Å². The topological polar surface area (TPSA) is 34.1 Å². The molecular formula is C16H28IN5S. The molecule has 0 amide bonds. The summed E-state index contributed by atoms with van der Waals surface area (Å²) in [6, 6.07) is 4.34. The van der Waals surface area contributed by atoms with Crippen molar-refractivity contribution in [3.8, 4) is 0 Å². The summed E-state index contributed by atoms with van der Waals surface area (Å²) in [6.45, 7) is 7.72. The number of nitrogens with zero attached hydrogens (tertiary/aromatic N) is 4. The molecule has 2 saturated heterocycles. The Bertz CT molecular complexity index is 485. The molecule has 1 atom stereocenters. The fraction of sp³-hybridized carbons (Fsp3) is 0.688. The maximum Gasteiger partial charge on any atom is 0.193 e. The molecule has 0 aliphatic carbocycles. The van der Waals surface area contributed by atoms with Gasteiger partial charge in [-0.15, -0.1) is 35.3 Å². The normalized spacial score (nSPS) is 23.0. The summed E-state index contributed by atoms with van der Waals surface area (Å²) in [5, 5.41) is 7.12. The number of nitrogens with one attached hydrogen (secondary N) is 1. The number of halogens is 1. The predicted molar refractivity (Wildman–Crippen MR) is 110 cm³/mol. The molecule has 2 aliphatic heterocycles. The summed E-state index contributed by atoms with van der Waals surface area (Å²) in [5.41, 5.74) is 0. The summed E-state index contributed by atoms with van der Waals surface area (Å²) in [7, 11) is 4.10. The van der Waals surface area contributed by atoms with Crippen LogP contribution in [0.25, 0.3) is 0 Å². The molecule has 3 heterocycles. The summed E-state index contributed by atoms with van der Waals surface area (Å²) < 4.78 is 0. The molecule has 0 spiro atoms. The van der Waals surface area contributed by atoms with E-state index in [9.17, 15) is 0 Å². The number of hydrogen-bond acceptors (Lipinski definition) is 4. The Labute approximate surface area is 160 Å². The van der Waals surface area contributed by atoms with Crippen LogP contribution in [0, 0.1) is 5.92 Å². The highest BCUT2D eigenvalue weighted by molar-refractivity contribution is 14.0. The molecule has 1 N–H and O–H groups in total. The first-order chi connectivity index (χ1) is 10.8. The molecule has 3 rings (SSSR count). The number of likely N-dealkylation sites (tertiary alicyclic amines) is 1. The van der Waals surface area contributed by atoms with Gasteiger partial charge in [-0.2, -0.15) is 0 Å². The van der Waals surface area contributed by atoms with Gasteiger partial charge in [-0.25, -0.2) is 0 Å². The Balaban J connectivity index is 0.00000192. The lowest BCUT2D eigenvalue weighted by Crippen LogP contribution is -2.53. The van der Waals surface area contributed by atoms with Crippen molar-refractivity contribution < 1.29 is 0 Å². The first-order valence-electron chi connectivity index (χ1n) is 8.19. The van der Waals surface area contributed by atoms with Crippen molar-refractivity contribution in [2.45, 2.75) is 6.42 Å². The maximum absolute atomic E-state index is 4.48. The summed E-state index contributed by atoms with van der Waals surface area (Å²) in [4.78, 5) is 11.8. The van der Waals surface area contributed by atoms with Crippen LogP contribution in [0.3, 0.4) is 0 Å². The smallest absolute Gasteiger partial charge is 0.193 e. The van der Waals surface area contributed by atoms with Gasteiger partial charge in [-0.3, -0.25) is 4.99 Å². The Hall–Kier alpha value is -0.540. The molecule has 130 valence electrons. The maximum atomic E-state index is 4.48. The van der Waals surface area contributed by atoms with Crippen molar-refractivity contribution in [3.63, 3.8) is 0 Å². The van der Waals surface area contributed by atoms with Gasteiger partial charge in [0.05, 0.1) is 5.00 Å². The molecule has 0 bridgehead atoms. The van der Waals surface area contributed by atoms with E-state index in [-0.39, 0.29) is 24.0 Å². The molecule has 1 aromatic heterocycles. The standard InChI is InChI=1S/C16H27N5S.HI/c1-17-16(18-12-14-5-6-19(2)13-14)21-9-7-20(8-10-21)15-4-3-11-22-15;/h3-4,11,14H,5-10,12-13H2,1-2H3,(H,17,18);1H. The van der Waals surface area contributed by atoms with Gasteiger partial charge in [-0.1, -0.05) is 0 Å². The van der Waals surface area contributed by atoms with Crippen molar-refractivity contribution >= 4 is 46.3 Å². The van der Waals surface area contributed by atoms with Gasteiger partial charge in [0.15, 0.2) is 5.96 Å². The van der Waals surface area contributed by atoms with Crippen molar-refractivity contribution in [2.24, 2.45) is 10.9 Å². The number of hydrogen-bond donors (Lipinski definition) is 1. The number of aliphatic imine (C=N–C) groups is 1. The predicted octanol–water partition coefficient (Wildman–Crippen LogP) is 2.02. The van der Waals surface area contributed by atoms with Gasteiger partial charge in [0.25, 0.3) is 0 Å². The van der Waals surface area contributed by atoms with Gasteiger partial charge in [0.1, 0.15) is 0 Å². The second-order valence-electron chi connectivity index (χ2n) is 6.27. The fourth-order valence-corrected chi connectivity index (χ4v) is 4.13. The van der Waals surface area contributed by atoms with Gasteiger partial charge in [-0.05, 0) is 43.4 Å². The zero-order valence-corrected chi connectivity index (χ0v) is 17.2. The minimum absolute atomic E-state index is 0. The minimum atomic E-state index is 0. The van der Waals surface area contributed by atoms with E-state index in [2.05, 4.69) is 49.6 Å². The second-order valence-corrected chi connectivity index (χ2v) is 7.20. The zero-order chi connectivity index (χ0) is 15.4. The molecule has 0 saturated carbocycles. The Morgan fingerprint density at radius 1 is 1.30 bits per heavy atom. The highest BCUT2D eigenvalue weighted by Crippen LogP contribution is 2.22. The van der Waals surface area contributed by atoms with E-state index in [1.807, 2.05) is 18.4 Å². The molecule has 5 nitrogen and oxygen atoms in total. The van der Waals surface area contributed by atoms with E-state index in [0.29, 0.717) is 0 Å². The molecular weight excluding hydrogens is 421 g/mol. The SMILES string of the molecule is CN=C(NCC1CCN(C)C1)N1CCN(c2cccs2)CC1.I. The Kier molecular flexibility index (Phi) is 7.42. The molecule has 0 radical (unpaired) electrons. The molecule has 2 aliphatic rings. The van der Waals surface area contributed by atoms with Crippen molar-refractivity contribution in [2.75, 3.05) is 64.8 Å². The van der Waals surface area contributed by atoms with E-state index in [1.54, 1.807) is 0 Å². The van der Waals surface area contributed by atoms with E-state index < -0.39 is 0 Å². The van der Waals surface area contributed by atoms with E-state index in [0.717, 1.165) is 44.6 Å². The van der Waals surface area contributed by atoms with E-state index in [4.69, 9.17) is 0 Å². The molecule has 1 unspecified atom stereocenters. The highest BCUT2D eigenvalue weighted by atomic mass is 127. The van der Waals surface area contributed by atoms with Crippen LogP contribution in [0.5, 0.6) is 0 Å². The molecule has 23 heavy (non-hydrogen) atoms. The first-order valence-corrected chi connectivity index (χ1v) is 9.07. The van der Waals surface area contributed by atoms with Crippen molar-refractivity contribution in [3.05, 3.63) is 17.5 Å². The number of thiophene rings is 1. The van der Waals surface area contributed by atoms with Crippen molar-refractivity contribution in [1.29, 1.82) is 0 Å². The van der Waals surface area contributed by atoms with Crippen LogP contribution < -0.4 is 10.2 Å². The van der Waals surface area contributed by atoms with E-state index in [1.165, 1.54) is 24.5 Å². The lowest BCUT2D eigenvalue weighted by atomic mass is 10.1. The highest BCUT2D eigenvalue weighted by Gasteiger charge is 2.23. The number of rotatable bonds is 3. The average molecular weight is 449 g/mol. The summed E-state index contributed by atoms with van der Waals surface area (Å²) >= 11 is 1.83. The Morgan fingerprint density at radius 2 is 2.09 bits per heavy atom. The van der Waals surface area contributed by atoms with Crippen LogP contribution in [0.4, 0.5) is 5.00 Å². The largest absolute Gasteiger partial charge is 0.360 e. The third-order valence-electron chi connectivity index (χ3n) is 4.65. The number of anilines is 1. The molecule has 2 fully saturated rings. The van der Waals surface area contributed by atoms with Gasteiger partial charge < -0.3 is 20.0 Å². The average Bonchev–Trinajstić information content (AvgIpc) is 3.20.